The van der Waals surface area contributed by atoms with E-state index >= 15 is 0 Å². The van der Waals surface area contributed by atoms with Gasteiger partial charge in [-0.3, -0.25) is 14.6 Å². The molecule has 4 heterocycles. The topological polar surface area (TPSA) is 37.2 Å². The highest BCUT2D eigenvalue weighted by Gasteiger charge is 2.26. The van der Waals surface area contributed by atoms with E-state index in [1.54, 1.807) is 0 Å². The molecule has 4 rings (SSSR count). The minimum absolute atomic E-state index is 0.492. The van der Waals surface area contributed by atoms with E-state index in [2.05, 4.69) is 36.7 Å². The molecule has 122 valence electrons. The summed E-state index contributed by atoms with van der Waals surface area (Å²) in [5.41, 5.74) is 2.63. The van der Waals surface area contributed by atoms with Crippen LogP contribution in [0.4, 0.5) is 0 Å². The van der Waals surface area contributed by atoms with Crippen LogP contribution in [0.15, 0.2) is 36.8 Å². The predicted octanol–water partition coefficient (Wildman–Crippen LogP) is 2.32. The van der Waals surface area contributed by atoms with Crippen molar-refractivity contribution >= 4 is 0 Å². The van der Waals surface area contributed by atoms with Crippen molar-refractivity contribution in [2.75, 3.05) is 26.2 Å². The normalized spacial score (nSPS) is 22.3. The Hall–Kier alpha value is -1.72. The van der Waals surface area contributed by atoms with Crippen molar-refractivity contribution in [1.29, 1.82) is 0 Å². The number of aromatic nitrogens is 3. The van der Waals surface area contributed by atoms with Crippen LogP contribution >= 0.6 is 0 Å². The largest absolute Gasteiger partial charge is 0.303 e. The third-order valence-electron chi connectivity index (χ3n) is 5.06. The molecule has 2 aliphatic heterocycles. The van der Waals surface area contributed by atoms with E-state index in [0.29, 0.717) is 6.04 Å². The summed E-state index contributed by atoms with van der Waals surface area (Å²) in [6.45, 7) is 6.78. The average Bonchev–Trinajstić information content (AvgIpc) is 3.25. The monoisotopic (exact) mass is 311 g/mol. The first-order valence-corrected chi connectivity index (χ1v) is 8.74. The lowest BCUT2D eigenvalue weighted by Crippen LogP contribution is -2.38. The summed E-state index contributed by atoms with van der Waals surface area (Å²) >= 11 is 0. The first-order chi connectivity index (χ1) is 11.4. The van der Waals surface area contributed by atoms with Gasteiger partial charge in [0.15, 0.2) is 0 Å². The minimum atomic E-state index is 0.492. The van der Waals surface area contributed by atoms with Gasteiger partial charge in [-0.2, -0.15) is 5.10 Å². The summed E-state index contributed by atoms with van der Waals surface area (Å²) in [5, 5.41) is 4.58. The molecule has 5 heteroatoms. The molecule has 0 unspecified atom stereocenters. The molecule has 0 saturated carbocycles. The molecule has 1 fully saturated rings. The van der Waals surface area contributed by atoms with Gasteiger partial charge in [-0.05, 0) is 50.0 Å². The molecule has 0 spiro atoms. The Morgan fingerprint density at radius 1 is 1.09 bits per heavy atom. The van der Waals surface area contributed by atoms with E-state index in [1.165, 1.54) is 50.2 Å². The van der Waals surface area contributed by atoms with Crippen molar-refractivity contribution in [3.05, 3.63) is 48.0 Å². The van der Waals surface area contributed by atoms with E-state index in [0.717, 1.165) is 19.6 Å². The van der Waals surface area contributed by atoms with Crippen LogP contribution in [0.3, 0.4) is 0 Å². The van der Waals surface area contributed by atoms with Crippen LogP contribution in [0.1, 0.15) is 36.6 Å². The maximum atomic E-state index is 4.58. The maximum Gasteiger partial charge on any atom is 0.0662 e. The van der Waals surface area contributed by atoms with Gasteiger partial charge in [-0.25, -0.2) is 0 Å². The lowest BCUT2D eigenvalue weighted by Gasteiger charge is -2.34. The summed E-state index contributed by atoms with van der Waals surface area (Å²) in [5.74, 6) is 0. The molecule has 0 bridgehead atoms. The second-order valence-corrected chi connectivity index (χ2v) is 6.79. The van der Waals surface area contributed by atoms with Crippen LogP contribution in [0, 0.1) is 0 Å². The lowest BCUT2D eigenvalue weighted by atomic mass is 10.1. The first-order valence-electron chi connectivity index (χ1n) is 8.74. The zero-order chi connectivity index (χ0) is 15.5. The Morgan fingerprint density at radius 3 is 2.83 bits per heavy atom. The molecule has 5 nitrogen and oxygen atoms in total. The van der Waals surface area contributed by atoms with Crippen LogP contribution in [0.25, 0.3) is 0 Å². The fourth-order valence-electron chi connectivity index (χ4n) is 3.89. The second-order valence-electron chi connectivity index (χ2n) is 6.79. The smallest absolute Gasteiger partial charge is 0.0662 e. The van der Waals surface area contributed by atoms with Crippen molar-refractivity contribution in [1.82, 2.24) is 24.6 Å². The van der Waals surface area contributed by atoms with Crippen LogP contribution in [-0.2, 0) is 13.1 Å². The van der Waals surface area contributed by atoms with Crippen molar-refractivity contribution in [2.45, 2.75) is 38.4 Å². The molecule has 1 saturated heterocycles. The fourth-order valence-corrected chi connectivity index (χ4v) is 3.89. The van der Waals surface area contributed by atoms with Crippen molar-refractivity contribution in [3.63, 3.8) is 0 Å². The maximum absolute atomic E-state index is 4.58. The number of likely N-dealkylation sites (tertiary alicyclic amines) is 1. The molecule has 23 heavy (non-hydrogen) atoms. The Labute approximate surface area is 137 Å². The van der Waals surface area contributed by atoms with Crippen LogP contribution in [0.5, 0.6) is 0 Å². The Bertz CT molecular complexity index is 617. The second kappa shape index (κ2) is 6.81. The molecule has 1 atom stereocenters. The fraction of sp³-hybridized carbons (Fsp3) is 0.556. The average molecular weight is 311 g/mol. The molecule has 0 aliphatic carbocycles. The first kappa shape index (κ1) is 14.8. The number of rotatable bonds is 5. The SMILES string of the molecule is c1cncc(CN2Cc3ccnn3[C@@H](CCN3CCCC3)C2)c1. The third-order valence-corrected chi connectivity index (χ3v) is 5.06. The molecular formula is C18H25N5. The summed E-state index contributed by atoms with van der Waals surface area (Å²) in [6.07, 6.45) is 9.69. The molecule has 0 amide bonds. The zero-order valence-corrected chi connectivity index (χ0v) is 13.6. The number of pyridine rings is 1. The molecule has 0 aromatic carbocycles. The molecule has 0 N–H and O–H groups in total. The molecule has 2 aromatic rings. The van der Waals surface area contributed by atoms with Gasteiger partial charge >= 0.3 is 0 Å². The number of nitrogens with zero attached hydrogens (tertiary/aromatic N) is 5. The van der Waals surface area contributed by atoms with Gasteiger partial charge in [0.1, 0.15) is 0 Å². The van der Waals surface area contributed by atoms with Crippen LogP contribution < -0.4 is 0 Å². The Balaban J connectivity index is 1.43. The van der Waals surface area contributed by atoms with Gasteiger partial charge in [-0.15, -0.1) is 0 Å². The van der Waals surface area contributed by atoms with E-state index in [1.807, 2.05) is 24.7 Å². The number of fused-ring (bicyclic) bond motifs is 1. The lowest BCUT2D eigenvalue weighted by molar-refractivity contribution is 0.152. The minimum Gasteiger partial charge on any atom is -0.303 e. The summed E-state index contributed by atoms with van der Waals surface area (Å²) in [6, 6.07) is 6.84. The number of hydrogen-bond donors (Lipinski definition) is 0. The van der Waals surface area contributed by atoms with Gasteiger partial charge in [0.2, 0.25) is 0 Å². The highest BCUT2D eigenvalue weighted by atomic mass is 15.4. The number of hydrogen-bond acceptors (Lipinski definition) is 4. The van der Waals surface area contributed by atoms with Crippen molar-refractivity contribution < 1.29 is 0 Å². The quantitative estimate of drug-likeness (QED) is 0.849. The summed E-state index contributed by atoms with van der Waals surface area (Å²) < 4.78 is 2.26. The van der Waals surface area contributed by atoms with Gasteiger partial charge in [-0.1, -0.05) is 6.07 Å². The van der Waals surface area contributed by atoms with Gasteiger partial charge in [0, 0.05) is 44.8 Å². The third kappa shape index (κ3) is 3.46. The van der Waals surface area contributed by atoms with E-state index in [4.69, 9.17) is 0 Å². The van der Waals surface area contributed by atoms with E-state index in [9.17, 15) is 0 Å². The van der Waals surface area contributed by atoms with Gasteiger partial charge < -0.3 is 4.90 Å². The molecular weight excluding hydrogens is 286 g/mol. The van der Waals surface area contributed by atoms with E-state index in [-0.39, 0.29) is 0 Å². The van der Waals surface area contributed by atoms with Gasteiger partial charge in [0.25, 0.3) is 0 Å². The molecule has 2 aliphatic rings. The summed E-state index contributed by atoms with van der Waals surface area (Å²) in [7, 11) is 0. The molecule has 2 aromatic heterocycles. The highest BCUT2D eigenvalue weighted by Crippen LogP contribution is 2.25. The molecule has 0 radical (unpaired) electrons. The standard InChI is InChI=1S/C18H25N5/c1-2-10-21(9-1)11-6-18-15-22(13-16-4-3-7-19-12-16)14-17-5-8-20-23(17)18/h3-5,7-8,12,18H,1-2,6,9-11,13-15H2/t18-/m0/s1. The highest BCUT2D eigenvalue weighted by molar-refractivity contribution is 5.11. The van der Waals surface area contributed by atoms with Crippen molar-refractivity contribution in [3.8, 4) is 0 Å². The zero-order valence-electron chi connectivity index (χ0n) is 13.6. The van der Waals surface area contributed by atoms with Gasteiger partial charge in [0.05, 0.1) is 11.7 Å². The van der Waals surface area contributed by atoms with Crippen LogP contribution in [0.2, 0.25) is 0 Å². The van der Waals surface area contributed by atoms with E-state index < -0.39 is 0 Å². The van der Waals surface area contributed by atoms with Crippen molar-refractivity contribution in [2.24, 2.45) is 0 Å². The summed E-state index contributed by atoms with van der Waals surface area (Å²) in [4.78, 5) is 9.37. The van der Waals surface area contributed by atoms with Crippen LogP contribution in [-0.4, -0.2) is 50.7 Å². The predicted molar refractivity (Wildman–Crippen MR) is 89.9 cm³/mol. The Kier molecular flexibility index (Phi) is 4.39. The Morgan fingerprint density at radius 2 is 2.00 bits per heavy atom.